The van der Waals surface area contributed by atoms with Gasteiger partial charge in [0, 0.05) is 17.8 Å². The first-order chi connectivity index (χ1) is 15.5. The first kappa shape index (κ1) is 20.4. The van der Waals surface area contributed by atoms with Gasteiger partial charge in [-0.25, -0.2) is 4.98 Å². The van der Waals surface area contributed by atoms with E-state index in [0.717, 1.165) is 41.6 Å². The van der Waals surface area contributed by atoms with Crippen LogP contribution in [0.15, 0.2) is 23.0 Å². The fraction of sp³-hybridized carbons (Fsp3) is 0.318. The van der Waals surface area contributed by atoms with Crippen LogP contribution in [0.25, 0.3) is 10.2 Å². The van der Waals surface area contributed by atoms with Crippen molar-refractivity contribution in [2.24, 2.45) is 0 Å². The molecule has 0 saturated carbocycles. The number of H-pyrrole nitrogens is 1. The number of aromatic nitrogens is 2. The Balaban J connectivity index is 1.38. The highest BCUT2D eigenvalue weighted by molar-refractivity contribution is 7.18. The summed E-state index contributed by atoms with van der Waals surface area (Å²) in [6.45, 7) is 0.165. The van der Waals surface area contributed by atoms with Gasteiger partial charge in [0.1, 0.15) is 16.9 Å². The molecule has 3 N–H and O–H groups in total. The summed E-state index contributed by atoms with van der Waals surface area (Å²) in [6, 6.07) is 5.25. The standard InChI is InChI=1S/C22H20N4O5S/c27-7-6-12-2-1-3-15-17(12)18-20(29)25-19(26-22(18)32-15)21(30)23-9-11-4-5-14-13(8-11)24-16(28)10-31-14/h4-5,7-8,12H,1-3,6,9-10H2,(H,23,30)(H,24,28)(H,25,26,29). The lowest BCUT2D eigenvalue weighted by molar-refractivity contribution is -0.118. The van der Waals surface area contributed by atoms with E-state index in [-0.39, 0.29) is 36.4 Å². The molecular weight excluding hydrogens is 432 g/mol. The Kier molecular flexibility index (Phi) is 5.22. The minimum atomic E-state index is -0.502. The van der Waals surface area contributed by atoms with Gasteiger partial charge in [0.2, 0.25) is 5.82 Å². The molecule has 2 amide bonds. The van der Waals surface area contributed by atoms with Crippen molar-refractivity contribution in [1.82, 2.24) is 15.3 Å². The third-order valence-electron chi connectivity index (χ3n) is 5.77. The van der Waals surface area contributed by atoms with Crippen LogP contribution in [0.5, 0.6) is 5.75 Å². The van der Waals surface area contributed by atoms with E-state index in [1.54, 1.807) is 18.2 Å². The largest absolute Gasteiger partial charge is 0.482 e. The van der Waals surface area contributed by atoms with Crippen molar-refractivity contribution in [2.75, 3.05) is 11.9 Å². The zero-order valence-electron chi connectivity index (χ0n) is 17.0. The second-order valence-electron chi connectivity index (χ2n) is 7.88. The number of aldehydes is 1. The molecule has 1 aliphatic carbocycles. The summed E-state index contributed by atoms with van der Waals surface area (Å²) < 4.78 is 5.33. The topological polar surface area (TPSA) is 130 Å². The van der Waals surface area contributed by atoms with Crippen LogP contribution in [0.2, 0.25) is 0 Å². The molecule has 164 valence electrons. The van der Waals surface area contributed by atoms with Crippen LogP contribution in [0.3, 0.4) is 0 Å². The number of benzene rings is 1. The monoisotopic (exact) mass is 452 g/mol. The third kappa shape index (κ3) is 3.66. The maximum atomic E-state index is 12.8. The highest BCUT2D eigenvalue weighted by Gasteiger charge is 2.28. The van der Waals surface area contributed by atoms with Gasteiger partial charge in [-0.05, 0) is 48.4 Å². The number of rotatable bonds is 5. The first-order valence-corrected chi connectivity index (χ1v) is 11.2. The average Bonchev–Trinajstić information content (AvgIpc) is 3.17. The van der Waals surface area contributed by atoms with E-state index in [0.29, 0.717) is 28.1 Å². The number of carbonyl (C=O) groups is 3. The summed E-state index contributed by atoms with van der Waals surface area (Å²) >= 11 is 1.42. The van der Waals surface area contributed by atoms with Crippen LogP contribution in [0.1, 0.15) is 51.8 Å². The molecule has 0 radical (unpaired) electrons. The lowest BCUT2D eigenvalue weighted by atomic mass is 9.84. The van der Waals surface area contributed by atoms with Gasteiger partial charge in [0.25, 0.3) is 17.4 Å². The molecule has 9 nitrogen and oxygen atoms in total. The van der Waals surface area contributed by atoms with Gasteiger partial charge in [0.15, 0.2) is 6.61 Å². The minimum absolute atomic E-state index is 0.0212. The number of thiophene rings is 1. The number of aromatic amines is 1. The van der Waals surface area contributed by atoms with E-state index in [4.69, 9.17) is 4.74 Å². The molecule has 1 aromatic carbocycles. The van der Waals surface area contributed by atoms with E-state index in [1.165, 1.54) is 11.3 Å². The summed E-state index contributed by atoms with van der Waals surface area (Å²) in [6.07, 6.45) is 3.96. The number of amides is 2. The van der Waals surface area contributed by atoms with Crippen molar-refractivity contribution >= 4 is 45.3 Å². The summed E-state index contributed by atoms with van der Waals surface area (Å²) in [4.78, 5) is 56.7. The molecule has 1 atom stereocenters. The predicted octanol–water partition coefficient (Wildman–Crippen LogP) is 2.25. The zero-order chi connectivity index (χ0) is 22.2. The zero-order valence-corrected chi connectivity index (χ0v) is 17.8. The van der Waals surface area contributed by atoms with Crippen molar-refractivity contribution in [3.8, 4) is 5.75 Å². The molecule has 5 rings (SSSR count). The van der Waals surface area contributed by atoms with Crippen LogP contribution in [-0.2, 0) is 22.6 Å². The number of nitrogens with one attached hydrogen (secondary N) is 3. The second kappa shape index (κ2) is 8.19. The Labute approximate surface area is 186 Å². The average molecular weight is 452 g/mol. The van der Waals surface area contributed by atoms with Gasteiger partial charge >= 0.3 is 0 Å². The van der Waals surface area contributed by atoms with Crippen LogP contribution in [0, 0.1) is 0 Å². The van der Waals surface area contributed by atoms with Gasteiger partial charge in [0.05, 0.1) is 11.1 Å². The first-order valence-electron chi connectivity index (χ1n) is 10.4. The smallest absolute Gasteiger partial charge is 0.287 e. The number of aryl methyl sites for hydroxylation is 1. The van der Waals surface area contributed by atoms with Crippen LogP contribution in [0.4, 0.5) is 5.69 Å². The number of hydrogen-bond donors (Lipinski definition) is 3. The molecule has 2 aromatic heterocycles. The van der Waals surface area contributed by atoms with Crippen LogP contribution in [-0.4, -0.2) is 34.7 Å². The van der Waals surface area contributed by atoms with Gasteiger partial charge < -0.3 is 25.1 Å². The fourth-order valence-corrected chi connectivity index (χ4v) is 5.61. The Hall–Kier alpha value is -3.53. The normalized spacial score (nSPS) is 17.1. The van der Waals surface area contributed by atoms with E-state index >= 15 is 0 Å². The molecule has 0 fully saturated rings. The lowest BCUT2D eigenvalue weighted by Crippen LogP contribution is -2.28. The van der Waals surface area contributed by atoms with E-state index in [2.05, 4.69) is 20.6 Å². The van der Waals surface area contributed by atoms with Crippen molar-refractivity contribution in [2.45, 2.75) is 38.1 Å². The fourth-order valence-electron chi connectivity index (χ4n) is 4.31. The molecule has 32 heavy (non-hydrogen) atoms. The number of carbonyl (C=O) groups excluding carboxylic acids is 3. The molecule has 0 bridgehead atoms. The Morgan fingerprint density at radius 2 is 2.22 bits per heavy atom. The molecule has 0 saturated heterocycles. The van der Waals surface area contributed by atoms with E-state index in [9.17, 15) is 19.2 Å². The Bertz CT molecular complexity index is 1310. The van der Waals surface area contributed by atoms with Crippen LogP contribution >= 0.6 is 11.3 Å². The predicted molar refractivity (Wildman–Crippen MR) is 118 cm³/mol. The Morgan fingerprint density at radius 3 is 3.06 bits per heavy atom. The quantitative estimate of drug-likeness (QED) is 0.509. The molecule has 0 spiro atoms. The molecule has 1 unspecified atom stereocenters. The molecule has 3 aromatic rings. The van der Waals surface area contributed by atoms with Gasteiger partial charge in [-0.3, -0.25) is 14.4 Å². The number of nitrogens with zero attached hydrogens (tertiary/aromatic N) is 1. The minimum Gasteiger partial charge on any atom is -0.482 e. The number of hydrogen-bond acceptors (Lipinski definition) is 7. The third-order valence-corrected chi connectivity index (χ3v) is 6.93. The summed E-state index contributed by atoms with van der Waals surface area (Å²) in [5, 5.41) is 5.97. The summed E-state index contributed by atoms with van der Waals surface area (Å²) in [7, 11) is 0. The molecule has 1 aliphatic heterocycles. The SMILES string of the molecule is O=CCC1CCCc2sc3nc(C(=O)NCc4ccc5c(c4)NC(=O)CO5)[nH]c(=O)c3c21. The number of ether oxygens (including phenoxy) is 1. The molecule has 2 aliphatic rings. The second-order valence-corrected chi connectivity index (χ2v) is 8.96. The highest BCUT2D eigenvalue weighted by Crippen LogP contribution is 2.41. The molecule has 10 heteroatoms. The van der Waals surface area contributed by atoms with E-state index < -0.39 is 5.91 Å². The van der Waals surface area contributed by atoms with Crippen molar-refractivity contribution in [3.63, 3.8) is 0 Å². The maximum Gasteiger partial charge on any atom is 0.287 e. The Morgan fingerprint density at radius 1 is 1.34 bits per heavy atom. The van der Waals surface area contributed by atoms with E-state index in [1.807, 2.05) is 0 Å². The van der Waals surface area contributed by atoms with Crippen molar-refractivity contribution < 1.29 is 19.1 Å². The maximum absolute atomic E-state index is 12.8. The van der Waals surface area contributed by atoms with Gasteiger partial charge in [-0.15, -0.1) is 11.3 Å². The summed E-state index contributed by atoms with van der Waals surface area (Å²) in [5.74, 6) is -0.185. The summed E-state index contributed by atoms with van der Waals surface area (Å²) in [5.41, 5.74) is 1.87. The highest BCUT2D eigenvalue weighted by atomic mass is 32.1. The molecule has 3 heterocycles. The van der Waals surface area contributed by atoms with Crippen LogP contribution < -0.4 is 20.9 Å². The number of fused-ring (bicyclic) bond motifs is 4. The van der Waals surface area contributed by atoms with Crippen molar-refractivity contribution in [3.05, 3.63) is 50.4 Å². The lowest BCUT2D eigenvalue weighted by Gasteiger charge is -2.20. The van der Waals surface area contributed by atoms with Gasteiger partial charge in [-0.1, -0.05) is 6.07 Å². The molecular formula is C22H20N4O5S. The van der Waals surface area contributed by atoms with Crippen molar-refractivity contribution in [1.29, 1.82) is 0 Å². The van der Waals surface area contributed by atoms with Gasteiger partial charge in [-0.2, -0.15) is 0 Å². The number of anilines is 1.